The molecule has 4 amide bonds. The van der Waals surface area contributed by atoms with Crippen LogP contribution in [0, 0.1) is 17.8 Å². The molecule has 0 aromatic heterocycles. The maximum Gasteiger partial charge on any atom is 0.261 e. The van der Waals surface area contributed by atoms with E-state index in [-0.39, 0.29) is 42.1 Å². The van der Waals surface area contributed by atoms with E-state index in [0.717, 1.165) is 64.2 Å². The average molecular weight is 642 g/mol. The number of nitrogens with zero attached hydrogens (tertiary/aromatic N) is 1. The molecule has 46 heavy (non-hydrogen) atoms. The van der Waals surface area contributed by atoms with Crippen molar-refractivity contribution >= 4 is 29.4 Å². The summed E-state index contributed by atoms with van der Waals surface area (Å²) in [6.45, 7) is 3.29. The lowest BCUT2D eigenvalue weighted by Gasteiger charge is -2.27. The van der Waals surface area contributed by atoms with Gasteiger partial charge < -0.3 is 25.6 Å². The number of carbonyl (C=O) groups is 5. The number of epoxide rings is 1. The molecule has 2 aliphatic heterocycles. The van der Waals surface area contributed by atoms with Gasteiger partial charge in [0.2, 0.25) is 11.8 Å². The van der Waals surface area contributed by atoms with Crippen LogP contribution < -0.4 is 10.6 Å². The zero-order valence-corrected chi connectivity index (χ0v) is 27.3. The Morgan fingerprint density at radius 1 is 0.891 bits per heavy atom. The van der Waals surface area contributed by atoms with Gasteiger partial charge in [0.1, 0.15) is 6.04 Å². The molecule has 11 nitrogen and oxygen atoms in total. The highest BCUT2D eigenvalue weighted by molar-refractivity contribution is 6.21. The van der Waals surface area contributed by atoms with E-state index in [1.165, 1.54) is 4.90 Å². The minimum Gasteiger partial charge on any atom is -0.394 e. The summed E-state index contributed by atoms with van der Waals surface area (Å²) >= 11 is 0. The van der Waals surface area contributed by atoms with Gasteiger partial charge in [0.15, 0.2) is 11.4 Å². The van der Waals surface area contributed by atoms with Gasteiger partial charge in [-0.3, -0.25) is 28.9 Å². The number of benzene rings is 1. The summed E-state index contributed by atoms with van der Waals surface area (Å²) in [7, 11) is 0. The zero-order chi connectivity index (χ0) is 33.3. The number of ether oxygens (including phenoxy) is 1. The van der Waals surface area contributed by atoms with Crippen molar-refractivity contribution in [3.05, 3.63) is 35.4 Å². The number of amides is 4. The predicted molar refractivity (Wildman–Crippen MR) is 171 cm³/mol. The lowest BCUT2D eigenvalue weighted by molar-refractivity contribution is -0.136. The second-order valence-corrected chi connectivity index (χ2v) is 13.6. The normalized spacial score (nSPS) is 21.3. The van der Waals surface area contributed by atoms with E-state index in [2.05, 4.69) is 10.6 Å². The van der Waals surface area contributed by atoms with Crippen molar-refractivity contribution in [1.29, 1.82) is 0 Å². The van der Waals surface area contributed by atoms with Crippen LogP contribution >= 0.6 is 0 Å². The molecular weight excluding hydrogens is 590 g/mol. The van der Waals surface area contributed by atoms with Gasteiger partial charge in [-0.15, -0.1) is 0 Å². The first-order valence-electron chi connectivity index (χ1n) is 17.1. The maximum absolute atomic E-state index is 13.5. The number of ketones is 1. The number of carbonyl (C=O) groups excluding carboxylic acids is 5. The highest BCUT2D eigenvalue weighted by atomic mass is 16.6. The number of aliphatic hydroxyl groups is 2. The Morgan fingerprint density at radius 2 is 1.46 bits per heavy atom. The van der Waals surface area contributed by atoms with Crippen molar-refractivity contribution in [2.75, 3.05) is 26.4 Å². The quantitative estimate of drug-likeness (QED) is 0.0958. The van der Waals surface area contributed by atoms with Crippen LogP contribution in [-0.2, 0) is 19.1 Å². The number of unbranched alkanes of at least 4 members (excludes halogenated alkanes) is 5. The summed E-state index contributed by atoms with van der Waals surface area (Å²) in [4.78, 5) is 66.1. The third-order valence-corrected chi connectivity index (χ3v) is 9.68. The van der Waals surface area contributed by atoms with Crippen molar-refractivity contribution in [2.45, 2.75) is 109 Å². The number of rotatable bonds is 20. The number of aliphatic hydroxyl groups excluding tert-OH is 2. The molecular formula is C35H51N3O8. The molecule has 4 atom stereocenters. The summed E-state index contributed by atoms with van der Waals surface area (Å²) in [5.41, 5.74) is -0.328. The van der Waals surface area contributed by atoms with Crippen LogP contribution in [0.15, 0.2) is 24.3 Å². The number of Topliss-reactive ketones (excluding diaryl/α,β-unsaturated/α-hetero) is 1. The molecule has 0 radical (unpaired) electrons. The van der Waals surface area contributed by atoms with E-state index in [1.807, 2.05) is 13.8 Å². The van der Waals surface area contributed by atoms with Crippen LogP contribution in [0.1, 0.15) is 112 Å². The molecule has 4 rings (SSSR count). The van der Waals surface area contributed by atoms with Crippen molar-refractivity contribution in [3.8, 4) is 0 Å². The SMILES string of the molecule is CC(C)CC(NC(=O)[C@H](CO)NC(=O)C(CCCCCCCCN1C(=O)c2ccccc2C1=O)C1CCCC1)C(=O)C1(CO)CO1. The fraction of sp³-hybridized carbons (Fsp3) is 0.686. The Kier molecular flexibility index (Phi) is 12.9. The van der Waals surface area contributed by atoms with Crippen LogP contribution in [0.2, 0.25) is 0 Å². The minimum absolute atomic E-state index is 0.0778. The maximum atomic E-state index is 13.5. The number of nitrogens with one attached hydrogen (secondary N) is 2. The Hall–Kier alpha value is -3.15. The van der Waals surface area contributed by atoms with Gasteiger partial charge in [-0.2, -0.15) is 0 Å². The monoisotopic (exact) mass is 641 g/mol. The third kappa shape index (κ3) is 8.80. The molecule has 1 aromatic rings. The number of hydrogen-bond donors (Lipinski definition) is 4. The first-order valence-corrected chi connectivity index (χ1v) is 17.1. The Balaban J connectivity index is 1.21. The van der Waals surface area contributed by atoms with E-state index < -0.39 is 42.6 Å². The number of imide groups is 1. The topological polar surface area (TPSA) is 166 Å². The molecule has 2 heterocycles. The molecule has 11 heteroatoms. The Labute approximate surface area is 271 Å². The molecule has 4 N–H and O–H groups in total. The smallest absolute Gasteiger partial charge is 0.261 e. The number of fused-ring (bicyclic) bond motifs is 1. The second-order valence-electron chi connectivity index (χ2n) is 13.6. The van der Waals surface area contributed by atoms with E-state index in [0.29, 0.717) is 30.5 Å². The number of hydrogen-bond acceptors (Lipinski definition) is 8. The first kappa shape index (κ1) is 35.7. The molecule has 0 bridgehead atoms. The summed E-state index contributed by atoms with van der Waals surface area (Å²) in [6, 6.07) is 4.83. The lowest BCUT2D eigenvalue weighted by Crippen LogP contribution is -2.56. The summed E-state index contributed by atoms with van der Waals surface area (Å²) < 4.78 is 5.21. The molecule has 1 saturated carbocycles. The van der Waals surface area contributed by atoms with Crippen molar-refractivity contribution in [3.63, 3.8) is 0 Å². The zero-order valence-electron chi connectivity index (χ0n) is 27.3. The van der Waals surface area contributed by atoms with Crippen molar-refractivity contribution in [1.82, 2.24) is 15.5 Å². The Bertz CT molecular complexity index is 1200. The van der Waals surface area contributed by atoms with Gasteiger partial charge in [0.25, 0.3) is 11.8 Å². The van der Waals surface area contributed by atoms with Gasteiger partial charge >= 0.3 is 0 Å². The van der Waals surface area contributed by atoms with Crippen LogP contribution in [0.5, 0.6) is 0 Å². The van der Waals surface area contributed by atoms with Gasteiger partial charge in [0.05, 0.1) is 37.0 Å². The first-order chi connectivity index (χ1) is 22.1. The molecule has 1 aromatic carbocycles. The fourth-order valence-corrected chi connectivity index (χ4v) is 6.89. The van der Waals surface area contributed by atoms with Crippen molar-refractivity contribution < 1.29 is 38.9 Å². The van der Waals surface area contributed by atoms with Crippen LogP contribution in [0.3, 0.4) is 0 Å². The summed E-state index contributed by atoms with van der Waals surface area (Å²) in [5, 5.41) is 25.1. The highest BCUT2D eigenvalue weighted by Gasteiger charge is 2.54. The molecule has 2 fully saturated rings. The largest absolute Gasteiger partial charge is 0.394 e. The van der Waals surface area contributed by atoms with E-state index >= 15 is 0 Å². The van der Waals surface area contributed by atoms with E-state index in [1.54, 1.807) is 24.3 Å². The predicted octanol–water partition coefficient (Wildman–Crippen LogP) is 3.16. The molecule has 3 unspecified atom stereocenters. The lowest BCUT2D eigenvalue weighted by atomic mass is 9.85. The fourth-order valence-electron chi connectivity index (χ4n) is 6.89. The van der Waals surface area contributed by atoms with Crippen LogP contribution in [0.25, 0.3) is 0 Å². The van der Waals surface area contributed by atoms with E-state index in [4.69, 9.17) is 4.74 Å². The van der Waals surface area contributed by atoms with Crippen LogP contribution in [0.4, 0.5) is 0 Å². The summed E-state index contributed by atoms with van der Waals surface area (Å²) in [6.07, 6.45) is 10.5. The minimum atomic E-state index is -1.28. The van der Waals surface area contributed by atoms with Gasteiger partial charge in [-0.05, 0) is 56.1 Å². The van der Waals surface area contributed by atoms with Gasteiger partial charge in [-0.1, -0.05) is 70.9 Å². The molecule has 1 aliphatic carbocycles. The third-order valence-electron chi connectivity index (χ3n) is 9.68. The standard InChI is InChI=1S/C35H51N3O8/c1-23(2)19-28(30(41)35(21-40)22-46-35)36-32(43)29(20-39)37-31(42)25(24-13-8-9-14-24)15-7-5-3-4-6-12-18-38-33(44)26-16-10-11-17-27(26)34(38)45/h10-11,16-17,23-25,28-29,39-40H,3-9,12-15,18-22H2,1-2H3,(H,36,43)(H,37,42)/t25?,28?,29-,35?/m0/s1. The Morgan fingerprint density at radius 3 is 2.00 bits per heavy atom. The molecule has 1 saturated heterocycles. The van der Waals surface area contributed by atoms with Gasteiger partial charge in [0, 0.05) is 12.5 Å². The summed E-state index contributed by atoms with van der Waals surface area (Å²) in [5.74, 6) is -1.66. The molecule has 0 spiro atoms. The van der Waals surface area contributed by atoms with Crippen LogP contribution in [-0.4, -0.2) is 88.6 Å². The molecule has 254 valence electrons. The average Bonchev–Trinajstić information content (AvgIpc) is 3.59. The van der Waals surface area contributed by atoms with E-state index in [9.17, 15) is 34.2 Å². The molecule has 3 aliphatic rings. The van der Waals surface area contributed by atoms with Gasteiger partial charge in [-0.25, -0.2) is 0 Å². The van der Waals surface area contributed by atoms with Crippen molar-refractivity contribution in [2.24, 2.45) is 17.8 Å². The second kappa shape index (κ2) is 16.6. The highest BCUT2D eigenvalue weighted by Crippen LogP contribution is 2.35.